The third kappa shape index (κ3) is 2.81. The lowest BCUT2D eigenvalue weighted by molar-refractivity contribution is 0.574. The van der Waals surface area contributed by atoms with E-state index in [1.807, 2.05) is 0 Å². The quantitative estimate of drug-likeness (QED) is 0.825. The summed E-state index contributed by atoms with van der Waals surface area (Å²) in [6.07, 6.45) is 0. The fourth-order valence-electron chi connectivity index (χ4n) is 1.84. The summed E-state index contributed by atoms with van der Waals surface area (Å²) in [5, 5.41) is 0. The molecule has 1 rings (SSSR count). The van der Waals surface area contributed by atoms with E-state index in [1.54, 1.807) is 20.9 Å². The summed E-state index contributed by atoms with van der Waals surface area (Å²) in [4.78, 5) is 3.99. The molecule has 0 aliphatic heterocycles. The molecule has 102 valence electrons. The van der Waals surface area contributed by atoms with E-state index in [1.165, 1.54) is 6.07 Å². The van der Waals surface area contributed by atoms with Crippen molar-refractivity contribution in [2.75, 3.05) is 7.05 Å². The van der Waals surface area contributed by atoms with Crippen molar-refractivity contribution in [1.82, 2.24) is 0 Å². The Morgan fingerprint density at radius 2 is 1.79 bits per heavy atom. The normalized spacial score (nSPS) is 13.2. The van der Waals surface area contributed by atoms with Gasteiger partial charge in [0.05, 0.1) is 5.56 Å². The first-order valence-corrected chi connectivity index (χ1v) is 5.64. The van der Waals surface area contributed by atoms with Crippen LogP contribution in [0.4, 0.5) is 8.78 Å². The van der Waals surface area contributed by atoms with Crippen LogP contribution in [0.3, 0.4) is 0 Å². The molecule has 0 unspecified atom stereocenters. The van der Waals surface area contributed by atoms with Crippen molar-refractivity contribution in [1.29, 1.82) is 0 Å². The van der Waals surface area contributed by atoms with E-state index in [0.29, 0.717) is 17.0 Å². The van der Waals surface area contributed by atoms with E-state index in [9.17, 15) is 8.78 Å². The molecule has 0 bridgehead atoms. The van der Waals surface area contributed by atoms with Gasteiger partial charge in [0.1, 0.15) is 11.6 Å². The molecule has 1 aromatic carbocycles. The fourth-order valence-corrected chi connectivity index (χ4v) is 1.84. The van der Waals surface area contributed by atoms with Crippen LogP contribution in [0.1, 0.15) is 25.0 Å². The topological polar surface area (TPSA) is 64.4 Å². The number of aliphatic imine (C=N–C) groups is 1. The molecule has 0 aromatic heterocycles. The highest BCUT2D eigenvalue weighted by molar-refractivity contribution is 6.23. The first kappa shape index (κ1) is 14.9. The monoisotopic (exact) mass is 265 g/mol. The standard InChI is InChI=1S/C14H17F2N3/c1-7(17)12(9(3)19-4)10-5-6-11(15)13(8(2)18)14(10)16/h5-6H,2,17-18H2,1,3-4H3/b12-7+,19-9?. The van der Waals surface area contributed by atoms with E-state index in [2.05, 4.69) is 11.6 Å². The lowest BCUT2D eigenvalue weighted by Gasteiger charge is -2.14. The maximum Gasteiger partial charge on any atom is 0.143 e. The first-order chi connectivity index (χ1) is 8.81. The lowest BCUT2D eigenvalue weighted by atomic mass is 9.96. The lowest BCUT2D eigenvalue weighted by Crippen LogP contribution is -2.10. The van der Waals surface area contributed by atoms with Crippen LogP contribution in [0.15, 0.2) is 29.4 Å². The minimum absolute atomic E-state index is 0.158. The van der Waals surface area contributed by atoms with Crippen molar-refractivity contribution >= 4 is 17.0 Å². The molecule has 3 nitrogen and oxygen atoms in total. The summed E-state index contributed by atoms with van der Waals surface area (Å²) in [5.41, 5.74) is 12.2. The summed E-state index contributed by atoms with van der Waals surface area (Å²) in [5.74, 6) is -1.54. The summed E-state index contributed by atoms with van der Waals surface area (Å²) in [6, 6.07) is 2.45. The predicted molar refractivity (Wildman–Crippen MR) is 75.4 cm³/mol. The van der Waals surface area contributed by atoms with Crippen molar-refractivity contribution in [3.8, 4) is 0 Å². The van der Waals surface area contributed by atoms with Gasteiger partial charge in [-0.3, -0.25) is 4.99 Å². The van der Waals surface area contributed by atoms with Gasteiger partial charge in [0.15, 0.2) is 0 Å². The molecule has 0 heterocycles. The molecular formula is C14H17F2N3. The molecule has 0 fully saturated rings. The van der Waals surface area contributed by atoms with Gasteiger partial charge in [-0.05, 0) is 26.0 Å². The Bertz CT molecular complexity index is 583. The number of halogens is 2. The number of rotatable bonds is 3. The highest BCUT2D eigenvalue weighted by atomic mass is 19.1. The summed E-state index contributed by atoms with van der Waals surface area (Å²) in [6.45, 7) is 6.71. The Kier molecular flexibility index (Phi) is 4.43. The molecule has 5 heteroatoms. The van der Waals surface area contributed by atoms with Crippen LogP contribution in [0, 0.1) is 11.6 Å². The summed E-state index contributed by atoms with van der Waals surface area (Å²) < 4.78 is 27.9. The van der Waals surface area contributed by atoms with Gasteiger partial charge in [0, 0.05) is 35.3 Å². The number of nitrogens with two attached hydrogens (primary N) is 2. The number of allylic oxidation sites excluding steroid dienone is 2. The van der Waals surface area contributed by atoms with Crippen molar-refractivity contribution in [2.45, 2.75) is 13.8 Å². The molecule has 0 radical (unpaired) electrons. The van der Waals surface area contributed by atoms with Gasteiger partial charge in [-0.2, -0.15) is 0 Å². The molecule has 4 N–H and O–H groups in total. The van der Waals surface area contributed by atoms with E-state index < -0.39 is 11.6 Å². The third-order valence-electron chi connectivity index (χ3n) is 2.77. The molecule has 1 aromatic rings. The minimum atomic E-state index is -0.782. The average molecular weight is 265 g/mol. The van der Waals surface area contributed by atoms with Crippen LogP contribution in [0.5, 0.6) is 0 Å². The zero-order valence-corrected chi connectivity index (χ0v) is 11.2. The molecule has 0 aliphatic carbocycles. The molecule has 0 saturated heterocycles. The van der Waals surface area contributed by atoms with E-state index in [0.717, 1.165) is 6.07 Å². The van der Waals surface area contributed by atoms with Crippen molar-refractivity contribution in [2.24, 2.45) is 16.5 Å². The molecule has 0 aliphatic rings. The molecular weight excluding hydrogens is 248 g/mol. The van der Waals surface area contributed by atoms with Crippen LogP contribution in [0.25, 0.3) is 11.3 Å². The summed E-state index contributed by atoms with van der Waals surface area (Å²) >= 11 is 0. The Labute approximate surface area is 111 Å². The molecule has 19 heavy (non-hydrogen) atoms. The van der Waals surface area contributed by atoms with Gasteiger partial charge < -0.3 is 11.5 Å². The van der Waals surface area contributed by atoms with E-state index in [4.69, 9.17) is 11.5 Å². The largest absolute Gasteiger partial charge is 0.402 e. The molecule has 0 atom stereocenters. The first-order valence-electron chi connectivity index (χ1n) is 5.64. The fraction of sp³-hybridized carbons (Fsp3) is 0.214. The van der Waals surface area contributed by atoms with Crippen LogP contribution >= 0.6 is 0 Å². The van der Waals surface area contributed by atoms with Gasteiger partial charge in [0.25, 0.3) is 0 Å². The number of nitrogens with zero attached hydrogens (tertiary/aromatic N) is 1. The predicted octanol–water partition coefficient (Wildman–Crippen LogP) is 2.67. The Morgan fingerprint density at radius 1 is 1.21 bits per heavy atom. The molecule has 0 spiro atoms. The highest BCUT2D eigenvalue weighted by Crippen LogP contribution is 2.27. The van der Waals surface area contributed by atoms with E-state index >= 15 is 0 Å². The van der Waals surface area contributed by atoms with Gasteiger partial charge in [0.2, 0.25) is 0 Å². The van der Waals surface area contributed by atoms with Crippen LogP contribution in [0.2, 0.25) is 0 Å². The Balaban J connectivity index is 3.66. The smallest absolute Gasteiger partial charge is 0.143 e. The number of benzene rings is 1. The second kappa shape index (κ2) is 5.65. The Morgan fingerprint density at radius 3 is 2.21 bits per heavy atom. The molecule has 0 amide bonds. The number of hydrogen-bond acceptors (Lipinski definition) is 3. The van der Waals surface area contributed by atoms with Crippen LogP contribution < -0.4 is 11.5 Å². The average Bonchev–Trinajstić information content (AvgIpc) is 2.31. The maximum absolute atomic E-state index is 14.4. The van der Waals surface area contributed by atoms with Gasteiger partial charge in [-0.15, -0.1) is 0 Å². The second-order valence-electron chi connectivity index (χ2n) is 4.18. The zero-order valence-electron chi connectivity index (χ0n) is 11.2. The molecule has 0 saturated carbocycles. The van der Waals surface area contributed by atoms with Crippen molar-refractivity contribution in [3.05, 3.63) is 47.2 Å². The van der Waals surface area contributed by atoms with Crippen molar-refractivity contribution < 1.29 is 8.78 Å². The number of hydrogen-bond donors (Lipinski definition) is 2. The summed E-state index contributed by atoms with van der Waals surface area (Å²) in [7, 11) is 1.57. The van der Waals surface area contributed by atoms with E-state index in [-0.39, 0.29) is 16.8 Å². The van der Waals surface area contributed by atoms with Gasteiger partial charge in [-0.25, -0.2) is 8.78 Å². The minimum Gasteiger partial charge on any atom is -0.402 e. The second-order valence-corrected chi connectivity index (χ2v) is 4.18. The third-order valence-corrected chi connectivity index (χ3v) is 2.77. The maximum atomic E-state index is 14.4. The van der Waals surface area contributed by atoms with Crippen LogP contribution in [-0.4, -0.2) is 12.8 Å². The zero-order chi connectivity index (χ0) is 14.7. The van der Waals surface area contributed by atoms with Crippen LogP contribution in [-0.2, 0) is 0 Å². The van der Waals surface area contributed by atoms with Gasteiger partial charge >= 0.3 is 0 Å². The van der Waals surface area contributed by atoms with Crippen molar-refractivity contribution in [3.63, 3.8) is 0 Å². The highest BCUT2D eigenvalue weighted by Gasteiger charge is 2.19. The van der Waals surface area contributed by atoms with Gasteiger partial charge in [-0.1, -0.05) is 6.58 Å². The Hall–Kier alpha value is -2.17. The SMILES string of the molecule is C=C(N)c1c(F)ccc(/C(C(C)=NC)=C(\C)N)c1F.